The van der Waals surface area contributed by atoms with Gasteiger partial charge in [-0.2, -0.15) is 0 Å². The Morgan fingerprint density at radius 3 is 2.67 bits per heavy atom. The van der Waals surface area contributed by atoms with Crippen LogP contribution in [0.2, 0.25) is 0 Å². The summed E-state index contributed by atoms with van der Waals surface area (Å²) in [6.45, 7) is -0.279. The number of nitrogens with zero attached hydrogens (tertiary/aromatic N) is 1. The molecule has 7 nitrogen and oxygen atoms in total. The molecular formula is C14H15N3O4. The fourth-order valence-electron chi connectivity index (χ4n) is 1.91. The van der Waals surface area contributed by atoms with Crippen LogP contribution in [0.5, 0.6) is 11.5 Å². The van der Waals surface area contributed by atoms with E-state index < -0.39 is 11.8 Å². The summed E-state index contributed by atoms with van der Waals surface area (Å²) < 4.78 is 10.4. The van der Waals surface area contributed by atoms with Gasteiger partial charge in [-0.25, -0.2) is 4.98 Å². The van der Waals surface area contributed by atoms with Gasteiger partial charge < -0.3 is 15.2 Å². The second-order valence-electron chi connectivity index (χ2n) is 4.17. The minimum Gasteiger partial charge on any atom is -0.497 e. The van der Waals surface area contributed by atoms with Gasteiger partial charge in [0, 0.05) is 17.0 Å². The molecule has 21 heavy (non-hydrogen) atoms. The van der Waals surface area contributed by atoms with E-state index in [2.05, 4.69) is 10.3 Å². The number of fused-ring (bicyclic) bond motifs is 1. The minimum atomic E-state index is -0.653. The molecule has 0 aliphatic rings. The van der Waals surface area contributed by atoms with Crippen LogP contribution in [0.3, 0.4) is 0 Å². The molecule has 1 heterocycles. The fraction of sp³-hybridized carbons (Fsp3) is 0.214. The number of carbonyl (C=O) groups is 2. The zero-order valence-corrected chi connectivity index (χ0v) is 11.7. The fourth-order valence-corrected chi connectivity index (χ4v) is 1.91. The standard InChI is InChI=1S/C14H15N3O4/c1-20-9-3-4-10-8(5-9)7-16-12(13(10)21-2)14(19)17-11(18)6-15/h3-5,7H,6,15H2,1-2H3,(H,17,18,19). The number of methoxy groups -OCH3 is 2. The average Bonchev–Trinajstić information content (AvgIpc) is 2.52. The number of imide groups is 1. The highest BCUT2D eigenvalue weighted by Crippen LogP contribution is 2.30. The van der Waals surface area contributed by atoms with E-state index in [1.54, 1.807) is 25.3 Å². The van der Waals surface area contributed by atoms with Crippen molar-refractivity contribution >= 4 is 22.6 Å². The molecule has 3 N–H and O–H groups in total. The molecule has 0 radical (unpaired) electrons. The Labute approximate surface area is 121 Å². The smallest absolute Gasteiger partial charge is 0.280 e. The number of hydrogen-bond donors (Lipinski definition) is 2. The van der Waals surface area contributed by atoms with Gasteiger partial charge in [-0.3, -0.25) is 14.9 Å². The first-order valence-corrected chi connectivity index (χ1v) is 6.15. The second-order valence-corrected chi connectivity index (χ2v) is 4.17. The summed E-state index contributed by atoms with van der Waals surface area (Å²) >= 11 is 0. The van der Waals surface area contributed by atoms with E-state index >= 15 is 0 Å². The third kappa shape index (κ3) is 2.92. The topological polar surface area (TPSA) is 104 Å². The summed E-state index contributed by atoms with van der Waals surface area (Å²) in [7, 11) is 2.99. The number of carbonyl (C=O) groups excluding carboxylic acids is 2. The van der Waals surface area contributed by atoms with E-state index in [1.807, 2.05) is 0 Å². The lowest BCUT2D eigenvalue weighted by Gasteiger charge is -2.11. The number of hydrogen-bond acceptors (Lipinski definition) is 6. The number of rotatable bonds is 4. The molecule has 0 saturated carbocycles. The van der Waals surface area contributed by atoms with Crippen LogP contribution < -0.4 is 20.5 Å². The molecule has 0 saturated heterocycles. The molecule has 0 unspecified atom stereocenters. The zero-order valence-electron chi connectivity index (χ0n) is 11.7. The van der Waals surface area contributed by atoms with Crippen LogP contribution in [-0.4, -0.2) is 37.6 Å². The number of amides is 2. The van der Waals surface area contributed by atoms with Crippen molar-refractivity contribution < 1.29 is 19.1 Å². The Bertz CT molecular complexity index is 700. The molecular weight excluding hydrogens is 274 g/mol. The van der Waals surface area contributed by atoms with Gasteiger partial charge in [-0.15, -0.1) is 0 Å². The van der Waals surface area contributed by atoms with Crippen molar-refractivity contribution in [2.75, 3.05) is 20.8 Å². The average molecular weight is 289 g/mol. The molecule has 2 amide bonds. The van der Waals surface area contributed by atoms with Gasteiger partial charge in [0.25, 0.3) is 5.91 Å². The van der Waals surface area contributed by atoms with Crippen LogP contribution in [0, 0.1) is 0 Å². The first kappa shape index (κ1) is 14.7. The lowest BCUT2D eigenvalue weighted by molar-refractivity contribution is -0.118. The number of nitrogens with one attached hydrogen (secondary N) is 1. The largest absolute Gasteiger partial charge is 0.497 e. The van der Waals surface area contributed by atoms with Gasteiger partial charge in [0.2, 0.25) is 5.91 Å². The highest BCUT2D eigenvalue weighted by Gasteiger charge is 2.18. The van der Waals surface area contributed by atoms with Gasteiger partial charge in [-0.1, -0.05) is 0 Å². The van der Waals surface area contributed by atoms with Crippen molar-refractivity contribution in [1.29, 1.82) is 0 Å². The molecule has 1 aromatic carbocycles. The summed E-state index contributed by atoms with van der Waals surface area (Å²) in [6, 6.07) is 5.28. The van der Waals surface area contributed by atoms with Crippen LogP contribution in [-0.2, 0) is 4.79 Å². The maximum Gasteiger partial charge on any atom is 0.280 e. The van der Waals surface area contributed by atoms with E-state index in [9.17, 15) is 9.59 Å². The van der Waals surface area contributed by atoms with Crippen molar-refractivity contribution in [1.82, 2.24) is 10.3 Å². The molecule has 0 bridgehead atoms. The molecule has 0 aliphatic heterocycles. The zero-order chi connectivity index (χ0) is 15.4. The Morgan fingerprint density at radius 2 is 2.05 bits per heavy atom. The molecule has 2 rings (SSSR count). The van der Waals surface area contributed by atoms with Gasteiger partial charge in [0.05, 0.1) is 20.8 Å². The van der Waals surface area contributed by atoms with Gasteiger partial charge in [0.1, 0.15) is 5.75 Å². The van der Waals surface area contributed by atoms with Gasteiger partial charge in [-0.05, 0) is 18.2 Å². The summed E-state index contributed by atoms with van der Waals surface area (Å²) in [6.07, 6.45) is 1.52. The third-order valence-electron chi connectivity index (χ3n) is 2.91. The number of nitrogens with two attached hydrogens (primary N) is 1. The lowest BCUT2D eigenvalue weighted by atomic mass is 10.1. The van der Waals surface area contributed by atoms with Gasteiger partial charge >= 0.3 is 0 Å². The van der Waals surface area contributed by atoms with Crippen molar-refractivity contribution in [3.05, 3.63) is 30.1 Å². The Balaban J connectivity index is 2.50. The molecule has 0 atom stereocenters. The molecule has 7 heteroatoms. The highest BCUT2D eigenvalue weighted by atomic mass is 16.5. The van der Waals surface area contributed by atoms with Crippen molar-refractivity contribution in [2.45, 2.75) is 0 Å². The van der Waals surface area contributed by atoms with Crippen molar-refractivity contribution in [2.24, 2.45) is 5.73 Å². The predicted molar refractivity (Wildman–Crippen MR) is 76.4 cm³/mol. The molecule has 2 aromatic rings. The normalized spacial score (nSPS) is 10.2. The summed E-state index contributed by atoms with van der Waals surface area (Å²) in [5, 5.41) is 3.59. The summed E-state index contributed by atoms with van der Waals surface area (Å²) in [5.74, 6) is -0.280. The Morgan fingerprint density at radius 1 is 1.29 bits per heavy atom. The first-order chi connectivity index (χ1) is 10.1. The van der Waals surface area contributed by atoms with Crippen molar-refractivity contribution in [3.63, 3.8) is 0 Å². The van der Waals surface area contributed by atoms with E-state index in [0.717, 1.165) is 5.39 Å². The van der Waals surface area contributed by atoms with E-state index in [4.69, 9.17) is 15.2 Å². The van der Waals surface area contributed by atoms with E-state index in [0.29, 0.717) is 11.1 Å². The Hall–Kier alpha value is -2.67. The van der Waals surface area contributed by atoms with E-state index in [1.165, 1.54) is 13.3 Å². The number of ether oxygens (including phenoxy) is 2. The lowest BCUT2D eigenvalue weighted by Crippen LogP contribution is -2.36. The third-order valence-corrected chi connectivity index (χ3v) is 2.91. The minimum absolute atomic E-state index is 0.0250. The second kappa shape index (κ2) is 6.19. The maximum atomic E-state index is 12.0. The Kier molecular flexibility index (Phi) is 4.34. The highest BCUT2D eigenvalue weighted by molar-refractivity contribution is 6.08. The molecule has 0 spiro atoms. The van der Waals surface area contributed by atoms with Crippen LogP contribution in [0.4, 0.5) is 0 Å². The van der Waals surface area contributed by atoms with Crippen LogP contribution in [0.1, 0.15) is 10.5 Å². The quantitative estimate of drug-likeness (QED) is 0.848. The first-order valence-electron chi connectivity index (χ1n) is 6.15. The molecule has 110 valence electrons. The van der Waals surface area contributed by atoms with Gasteiger partial charge in [0.15, 0.2) is 11.4 Å². The van der Waals surface area contributed by atoms with Crippen LogP contribution in [0.15, 0.2) is 24.4 Å². The van der Waals surface area contributed by atoms with Crippen molar-refractivity contribution in [3.8, 4) is 11.5 Å². The molecule has 0 fully saturated rings. The monoisotopic (exact) mass is 289 g/mol. The summed E-state index contributed by atoms with van der Waals surface area (Å²) in [4.78, 5) is 27.3. The molecule has 0 aliphatic carbocycles. The number of benzene rings is 1. The van der Waals surface area contributed by atoms with E-state index in [-0.39, 0.29) is 18.0 Å². The number of pyridine rings is 1. The SMILES string of the molecule is COc1ccc2c(OC)c(C(=O)NC(=O)CN)ncc2c1. The van der Waals surface area contributed by atoms with Crippen LogP contribution in [0.25, 0.3) is 10.8 Å². The summed E-state index contributed by atoms with van der Waals surface area (Å²) in [5.41, 5.74) is 5.19. The molecule has 1 aromatic heterocycles. The number of aromatic nitrogens is 1. The predicted octanol–water partition coefficient (Wildman–Crippen LogP) is 0.467. The van der Waals surface area contributed by atoms with Crippen LogP contribution >= 0.6 is 0 Å². The maximum absolute atomic E-state index is 12.0.